The fourth-order valence-corrected chi connectivity index (χ4v) is 3.29. The zero-order valence-corrected chi connectivity index (χ0v) is 16.8. The minimum absolute atomic E-state index is 0.113. The molecule has 0 spiro atoms. The van der Waals surface area contributed by atoms with Crippen molar-refractivity contribution in [1.29, 1.82) is 0 Å². The third kappa shape index (κ3) is 4.06. The number of fused-ring (bicyclic) bond motifs is 1. The van der Waals surface area contributed by atoms with E-state index in [1.54, 1.807) is 72.8 Å². The Hall–Kier alpha value is -4.26. The molecule has 0 unspecified atom stereocenters. The van der Waals surface area contributed by atoms with Crippen LogP contribution in [-0.2, 0) is 0 Å². The molecular formula is C24H20N4O3. The molecular weight excluding hydrogens is 392 g/mol. The van der Waals surface area contributed by atoms with Gasteiger partial charge in [-0.15, -0.1) is 0 Å². The molecule has 0 fully saturated rings. The summed E-state index contributed by atoms with van der Waals surface area (Å²) in [5.41, 5.74) is 1.26. The summed E-state index contributed by atoms with van der Waals surface area (Å²) >= 11 is 0. The standard InChI is InChI=1S/C24H20N4O3/c1-2-25-22(29)16-9-8-10-17(15-16)26-23(30)21-19-13-6-7-14-20(19)24(31)28(27-21)18-11-4-3-5-12-18/h3-15H,2H2,1H3,(H,25,29)(H,26,30). The highest BCUT2D eigenvalue weighted by molar-refractivity contribution is 6.11. The minimum Gasteiger partial charge on any atom is -0.352 e. The number of nitrogens with zero attached hydrogens (tertiary/aromatic N) is 2. The van der Waals surface area contributed by atoms with Crippen molar-refractivity contribution in [3.05, 3.63) is 100 Å². The number of hydrogen-bond acceptors (Lipinski definition) is 4. The third-order valence-corrected chi connectivity index (χ3v) is 4.74. The highest BCUT2D eigenvalue weighted by Gasteiger charge is 2.18. The maximum Gasteiger partial charge on any atom is 0.279 e. The van der Waals surface area contributed by atoms with E-state index in [9.17, 15) is 14.4 Å². The van der Waals surface area contributed by atoms with Gasteiger partial charge in [-0.3, -0.25) is 14.4 Å². The van der Waals surface area contributed by atoms with E-state index in [1.807, 2.05) is 13.0 Å². The molecule has 0 aliphatic rings. The summed E-state index contributed by atoms with van der Waals surface area (Å²) in [6, 6.07) is 22.4. The van der Waals surface area contributed by atoms with Gasteiger partial charge in [-0.05, 0) is 43.3 Å². The predicted octanol–water partition coefficient (Wildman–Crippen LogP) is 3.39. The molecule has 31 heavy (non-hydrogen) atoms. The van der Waals surface area contributed by atoms with Crippen LogP contribution >= 0.6 is 0 Å². The molecule has 2 N–H and O–H groups in total. The molecule has 0 aliphatic heterocycles. The van der Waals surface area contributed by atoms with Crippen LogP contribution in [0, 0.1) is 0 Å². The molecule has 0 saturated carbocycles. The highest BCUT2D eigenvalue weighted by Crippen LogP contribution is 2.18. The summed E-state index contributed by atoms with van der Waals surface area (Å²) in [5.74, 6) is -0.700. The molecule has 2 amide bonds. The number of para-hydroxylation sites is 1. The topological polar surface area (TPSA) is 93.1 Å². The van der Waals surface area contributed by atoms with Gasteiger partial charge >= 0.3 is 0 Å². The van der Waals surface area contributed by atoms with Gasteiger partial charge < -0.3 is 10.6 Å². The van der Waals surface area contributed by atoms with Crippen molar-refractivity contribution in [3.8, 4) is 5.69 Å². The molecule has 0 radical (unpaired) electrons. The Balaban J connectivity index is 1.77. The summed E-state index contributed by atoms with van der Waals surface area (Å²) in [6.07, 6.45) is 0. The average molecular weight is 412 g/mol. The Morgan fingerprint density at radius 3 is 2.32 bits per heavy atom. The minimum atomic E-state index is -0.478. The number of rotatable bonds is 5. The van der Waals surface area contributed by atoms with E-state index in [0.29, 0.717) is 34.3 Å². The van der Waals surface area contributed by atoms with Gasteiger partial charge in [-0.1, -0.05) is 42.5 Å². The van der Waals surface area contributed by atoms with Crippen LogP contribution < -0.4 is 16.2 Å². The van der Waals surface area contributed by atoms with E-state index in [4.69, 9.17) is 0 Å². The van der Waals surface area contributed by atoms with E-state index < -0.39 is 5.91 Å². The molecule has 4 rings (SSSR count). The van der Waals surface area contributed by atoms with E-state index in [2.05, 4.69) is 15.7 Å². The fourth-order valence-electron chi connectivity index (χ4n) is 3.29. The van der Waals surface area contributed by atoms with Crippen molar-refractivity contribution in [2.24, 2.45) is 0 Å². The molecule has 1 heterocycles. The normalized spacial score (nSPS) is 10.6. The first-order chi connectivity index (χ1) is 15.1. The molecule has 7 heteroatoms. The van der Waals surface area contributed by atoms with Gasteiger partial charge in [0.2, 0.25) is 0 Å². The summed E-state index contributed by atoms with van der Waals surface area (Å²) < 4.78 is 1.22. The zero-order valence-electron chi connectivity index (χ0n) is 16.8. The molecule has 0 aliphatic carbocycles. The van der Waals surface area contributed by atoms with Gasteiger partial charge in [0.25, 0.3) is 17.4 Å². The number of nitrogens with one attached hydrogen (secondary N) is 2. The summed E-state index contributed by atoms with van der Waals surface area (Å²) in [6.45, 7) is 2.34. The molecule has 7 nitrogen and oxygen atoms in total. The van der Waals surface area contributed by atoms with E-state index in [0.717, 1.165) is 0 Å². The van der Waals surface area contributed by atoms with Crippen LogP contribution in [0.5, 0.6) is 0 Å². The smallest absolute Gasteiger partial charge is 0.279 e. The quantitative estimate of drug-likeness (QED) is 0.526. The first-order valence-electron chi connectivity index (χ1n) is 9.85. The molecule has 0 atom stereocenters. The third-order valence-electron chi connectivity index (χ3n) is 4.74. The molecule has 0 bridgehead atoms. The number of aromatic nitrogens is 2. The second-order valence-electron chi connectivity index (χ2n) is 6.84. The second-order valence-corrected chi connectivity index (χ2v) is 6.84. The van der Waals surface area contributed by atoms with Gasteiger partial charge in [-0.2, -0.15) is 9.78 Å². The average Bonchev–Trinajstić information content (AvgIpc) is 2.80. The predicted molar refractivity (Wildman–Crippen MR) is 120 cm³/mol. The van der Waals surface area contributed by atoms with Crippen LogP contribution in [-0.4, -0.2) is 28.1 Å². The molecule has 0 saturated heterocycles. The number of anilines is 1. The SMILES string of the molecule is CCNC(=O)c1cccc(NC(=O)c2nn(-c3ccccc3)c(=O)c3ccccc23)c1. The lowest BCUT2D eigenvalue weighted by Gasteiger charge is -2.12. The van der Waals surface area contributed by atoms with Crippen LogP contribution in [0.25, 0.3) is 16.5 Å². The second kappa shape index (κ2) is 8.62. The van der Waals surface area contributed by atoms with Gasteiger partial charge in [-0.25, -0.2) is 0 Å². The van der Waals surface area contributed by atoms with E-state index >= 15 is 0 Å². The lowest BCUT2D eigenvalue weighted by molar-refractivity contribution is 0.0954. The highest BCUT2D eigenvalue weighted by atomic mass is 16.2. The number of amides is 2. The van der Waals surface area contributed by atoms with Crippen molar-refractivity contribution in [2.45, 2.75) is 6.92 Å². The Morgan fingerprint density at radius 2 is 1.58 bits per heavy atom. The number of carbonyl (C=O) groups excluding carboxylic acids is 2. The first-order valence-corrected chi connectivity index (χ1v) is 9.85. The van der Waals surface area contributed by atoms with Crippen molar-refractivity contribution >= 4 is 28.3 Å². The van der Waals surface area contributed by atoms with Crippen LogP contribution in [0.3, 0.4) is 0 Å². The maximum absolute atomic E-state index is 13.1. The molecule has 154 valence electrons. The largest absolute Gasteiger partial charge is 0.352 e. The van der Waals surface area contributed by atoms with Crippen LogP contribution in [0.4, 0.5) is 5.69 Å². The van der Waals surface area contributed by atoms with Crippen LogP contribution in [0.2, 0.25) is 0 Å². The van der Waals surface area contributed by atoms with Gasteiger partial charge in [0.1, 0.15) is 0 Å². The van der Waals surface area contributed by atoms with Gasteiger partial charge in [0.15, 0.2) is 5.69 Å². The Kier molecular flexibility index (Phi) is 5.57. The molecule has 4 aromatic rings. The van der Waals surface area contributed by atoms with Crippen molar-refractivity contribution in [3.63, 3.8) is 0 Å². The lowest BCUT2D eigenvalue weighted by Crippen LogP contribution is -2.26. The maximum atomic E-state index is 13.1. The van der Waals surface area contributed by atoms with Crippen LogP contribution in [0.1, 0.15) is 27.8 Å². The lowest BCUT2D eigenvalue weighted by atomic mass is 10.1. The van der Waals surface area contributed by atoms with E-state index in [1.165, 1.54) is 4.68 Å². The van der Waals surface area contributed by atoms with Crippen molar-refractivity contribution < 1.29 is 9.59 Å². The Bertz CT molecular complexity index is 1330. The molecule has 1 aromatic heterocycles. The summed E-state index contributed by atoms with van der Waals surface area (Å²) in [5, 5.41) is 10.7. The van der Waals surface area contributed by atoms with Crippen molar-refractivity contribution in [1.82, 2.24) is 15.1 Å². The fraction of sp³-hybridized carbons (Fsp3) is 0.0833. The van der Waals surface area contributed by atoms with E-state index in [-0.39, 0.29) is 17.2 Å². The number of hydrogen-bond donors (Lipinski definition) is 2. The zero-order chi connectivity index (χ0) is 21.8. The van der Waals surface area contributed by atoms with Crippen LogP contribution in [0.15, 0.2) is 83.7 Å². The van der Waals surface area contributed by atoms with Crippen molar-refractivity contribution in [2.75, 3.05) is 11.9 Å². The molecule has 3 aromatic carbocycles. The van der Waals surface area contributed by atoms with Gasteiger partial charge in [0, 0.05) is 23.2 Å². The monoisotopic (exact) mass is 412 g/mol. The number of carbonyl (C=O) groups is 2. The Labute approximate surface area is 178 Å². The Morgan fingerprint density at radius 1 is 0.871 bits per heavy atom. The van der Waals surface area contributed by atoms with Gasteiger partial charge in [0.05, 0.1) is 11.1 Å². The first kappa shape index (κ1) is 20.0. The summed E-state index contributed by atoms with van der Waals surface area (Å²) in [7, 11) is 0. The number of benzene rings is 3. The summed E-state index contributed by atoms with van der Waals surface area (Å²) in [4.78, 5) is 38.2.